The number of aromatic hydroxyl groups is 1. The standard InChI is InChI=1S/C19H16N2O4/c1-11-6-5-8-15(12(11)2)21-18(24)14(17(23)20-19(21)25)10-13-7-3-4-9-16(13)22/h3-10,22H,1-2H3,(H,20,23,25)/b14-10+. The second-order valence-corrected chi connectivity index (χ2v) is 5.74. The molecule has 0 spiro atoms. The summed E-state index contributed by atoms with van der Waals surface area (Å²) in [5.41, 5.74) is 2.19. The van der Waals surface area contributed by atoms with Gasteiger partial charge in [0.25, 0.3) is 11.8 Å². The Kier molecular flexibility index (Phi) is 4.10. The van der Waals surface area contributed by atoms with Crippen molar-refractivity contribution in [2.45, 2.75) is 13.8 Å². The van der Waals surface area contributed by atoms with Gasteiger partial charge in [-0.1, -0.05) is 30.3 Å². The van der Waals surface area contributed by atoms with Crippen molar-refractivity contribution >= 4 is 29.6 Å². The molecule has 2 aromatic rings. The van der Waals surface area contributed by atoms with E-state index in [0.717, 1.165) is 16.0 Å². The summed E-state index contributed by atoms with van der Waals surface area (Å²) in [4.78, 5) is 38.1. The van der Waals surface area contributed by atoms with Gasteiger partial charge in [-0.2, -0.15) is 0 Å². The number of hydrogen-bond donors (Lipinski definition) is 2. The number of para-hydroxylation sites is 1. The minimum Gasteiger partial charge on any atom is -0.507 e. The van der Waals surface area contributed by atoms with Gasteiger partial charge in [-0.05, 0) is 43.2 Å². The second kappa shape index (κ2) is 6.24. The maximum absolute atomic E-state index is 12.8. The molecule has 1 aliphatic heterocycles. The van der Waals surface area contributed by atoms with E-state index in [-0.39, 0.29) is 11.3 Å². The van der Waals surface area contributed by atoms with Gasteiger partial charge in [-0.3, -0.25) is 14.9 Å². The number of amides is 4. The number of aryl methyl sites for hydroxylation is 1. The summed E-state index contributed by atoms with van der Waals surface area (Å²) in [6, 6.07) is 10.8. The number of rotatable bonds is 2. The first-order valence-electron chi connectivity index (χ1n) is 7.66. The highest BCUT2D eigenvalue weighted by atomic mass is 16.3. The third-order valence-electron chi connectivity index (χ3n) is 4.16. The summed E-state index contributed by atoms with van der Waals surface area (Å²) in [5, 5.41) is 12.0. The molecule has 0 bridgehead atoms. The quantitative estimate of drug-likeness (QED) is 0.652. The smallest absolute Gasteiger partial charge is 0.335 e. The van der Waals surface area contributed by atoms with E-state index in [1.165, 1.54) is 12.1 Å². The maximum atomic E-state index is 12.8. The minimum absolute atomic E-state index is 0.0641. The fourth-order valence-electron chi connectivity index (χ4n) is 2.62. The average Bonchev–Trinajstić information content (AvgIpc) is 2.56. The van der Waals surface area contributed by atoms with Crippen LogP contribution in [0.4, 0.5) is 10.5 Å². The van der Waals surface area contributed by atoms with E-state index in [0.29, 0.717) is 11.3 Å². The first kappa shape index (κ1) is 16.4. The molecule has 126 valence electrons. The normalized spacial score (nSPS) is 16.3. The van der Waals surface area contributed by atoms with Crippen molar-refractivity contribution in [1.29, 1.82) is 0 Å². The third kappa shape index (κ3) is 2.89. The summed E-state index contributed by atoms with van der Waals surface area (Å²) in [6.45, 7) is 3.67. The van der Waals surface area contributed by atoms with Gasteiger partial charge < -0.3 is 5.11 Å². The lowest BCUT2D eigenvalue weighted by atomic mass is 10.0. The van der Waals surface area contributed by atoms with Gasteiger partial charge in [-0.15, -0.1) is 0 Å². The highest BCUT2D eigenvalue weighted by Crippen LogP contribution is 2.28. The lowest BCUT2D eigenvalue weighted by molar-refractivity contribution is -0.122. The summed E-state index contributed by atoms with van der Waals surface area (Å²) in [6.07, 6.45) is 1.28. The summed E-state index contributed by atoms with van der Waals surface area (Å²) < 4.78 is 0. The monoisotopic (exact) mass is 336 g/mol. The number of barbiturate groups is 1. The van der Waals surface area contributed by atoms with E-state index in [2.05, 4.69) is 5.32 Å². The summed E-state index contributed by atoms with van der Waals surface area (Å²) in [5.74, 6) is -1.59. The predicted octanol–water partition coefficient (Wildman–Crippen LogP) is 2.68. The highest BCUT2D eigenvalue weighted by molar-refractivity contribution is 6.39. The molecule has 6 nitrogen and oxygen atoms in total. The van der Waals surface area contributed by atoms with E-state index in [4.69, 9.17) is 0 Å². The number of phenolic OH excluding ortho intramolecular Hbond substituents is 1. The van der Waals surface area contributed by atoms with E-state index in [1.807, 2.05) is 13.0 Å². The number of carbonyl (C=O) groups is 3. The fourth-order valence-corrected chi connectivity index (χ4v) is 2.62. The zero-order valence-corrected chi connectivity index (χ0v) is 13.7. The largest absolute Gasteiger partial charge is 0.507 e. The Labute approximate surface area is 144 Å². The van der Waals surface area contributed by atoms with Gasteiger partial charge in [0.1, 0.15) is 11.3 Å². The van der Waals surface area contributed by atoms with Crippen LogP contribution in [0.2, 0.25) is 0 Å². The molecular formula is C19H16N2O4. The topological polar surface area (TPSA) is 86.7 Å². The van der Waals surface area contributed by atoms with Crippen LogP contribution in [0.5, 0.6) is 5.75 Å². The Bertz CT molecular complexity index is 931. The lowest BCUT2D eigenvalue weighted by Gasteiger charge is -2.28. The van der Waals surface area contributed by atoms with Gasteiger partial charge in [0.05, 0.1) is 5.69 Å². The van der Waals surface area contributed by atoms with Crippen LogP contribution in [-0.4, -0.2) is 23.0 Å². The van der Waals surface area contributed by atoms with Crippen molar-refractivity contribution in [2.24, 2.45) is 0 Å². The highest BCUT2D eigenvalue weighted by Gasteiger charge is 2.37. The van der Waals surface area contributed by atoms with Crippen LogP contribution in [0, 0.1) is 13.8 Å². The molecule has 25 heavy (non-hydrogen) atoms. The minimum atomic E-state index is -0.793. The molecule has 1 fully saturated rings. The van der Waals surface area contributed by atoms with Crippen molar-refractivity contribution in [3.8, 4) is 5.75 Å². The van der Waals surface area contributed by atoms with E-state index in [9.17, 15) is 19.5 Å². The van der Waals surface area contributed by atoms with E-state index in [1.54, 1.807) is 37.3 Å². The molecule has 1 heterocycles. The average molecular weight is 336 g/mol. The molecule has 0 unspecified atom stereocenters. The number of nitrogens with one attached hydrogen (secondary N) is 1. The zero-order chi connectivity index (χ0) is 18.1. The van der Waals surface area contributed by atoms with Crippen molar-refractivity contribution in [3.63, 3.8) is 0 Å². The first-order chi connectivity index (χ1) is 11.9. The van der Waals surface area contributed by atoms with Crippen molar-refractivity contribution in [3.05, 3.63) is 64.7 Å². The van der Waals surface area contributed by atoms with Crippen LogP contribution < -0.4 is 10.2 Å². The van der Waals surface area contributed by atoms with Gasteiger partial charge in [0, 0.05) is 5.56 Å². The summed E-state index contributed by atoms with van der Waals surface area (Å²) >= 11 is 0. The molecule has 1 saturated heterocycles. The van der Waals surface area contributed by atoms with Crippen molar-refractivity contribution < 1.29 is 19.5 Å². The van der Waals surface area contributed by atoms with Crippen molar-refractivity contribution in [1.82, 2.24) is 5.32 Å². The second-order valence-electron chi connectivity index (χ2n) is 5.74. The number of carbonyl (C=O) groups excluding carboxylic acids is 3. The van der Waals surface area contributed by atoms with Gasteiger partial charge >= 0.3 is 6.03 Å². The first-order valence-corrected chi connectivity index (χ1v) is 7.66. The van der Waals surface area contributed by atoms with E-state index < -0.39 is 17.8 Å². The van der Waals surface area contributed by atoms with Crippen LogP contribution in [-0.2, 0) is 9.59 Å². The number of hydrogen-bond acceptors (Lipinski definition) is 4. The molecule has 3 rings (SSSR count). The molecule has 0 saturated carbocycles. The van der Waals surface area contributed by atoms with Crippen molar-refractivity contribution in [2.75, 3.05) is 4.90 Å². The molecule has 2 aromatic carbocycles. The van der Waals surface area contributed by atoms with Crippen LogP contribution >= 0.6 is 0 Å². The lowest BCUT2D eigenvalue weighted by Crippen LogP contribution is -2.54. The molecule has 6 heteroatoms. The van der Waals surface area contributed by atoms with Crippen LogP contribution in [0.1, 0.15) is 16.7 Å². The Hall–Kier alpha value is -3.41. The SMILES string of the molecule is Cc1cccc(N2C(=O)NC(=O)/C(=C\c3ccccc3O)C2=O)c1C. The Morgan fingerprint density at radius 1 is 1.00 bits per heavy atom. The molecule has 1 aliphatic rings. The molecule has 0 radical (unpaired) electrons. The molecule has 0 atom stereocenters. The predicted molar refractivity (Wildman–Crippen MR) is 93.0 cm³/mol. The van der Waals surface area contributed by atoms with Crippen LogP contribution in [0.15, 0.2) is 48.0 Å². The molecule has 0 aromatic heterocycles. The van der Waals surface area contributed by atoms with Crippen LogP contribution in [0.25, 0.3) is 6.08 Å². The fraction of sp³-hybridized carbons (Fsp3) is 0.105. The van der Waals surface area contributed by atoms with Crippen LogP contribution in [0.3, 0.4) is 0 Å². The molecule has 4 amide bonds. The Morgan fingerprint density at radius 3 is 2.44 bits per heavy atom. The number of phenols is 1. The summed E-state index contributed by atoms with van der Waals surface area (Å²) in [7, 11) is 0. The Morgan fingerprint density at radius 2 is 1.72 bits per heavy atom. The molecule has 2 N–H and O–H groups in total. The maximum Gasteiger partial charge on any atom is 0.335 e. The van der Waals surface area contributed by atoms with Gasteiger partial charge in [0.2, 0.25) is 0 Å². The molecular weight excluding hydrogens is 320 g/mol. The number of benzene rings is 2. The van der Waals surface area contributed by atoms with E-state index >= 15 is 0 Å². The van der Waals surface area contributed by atoms with Gasteiger partial charge in [0.15, 0.2) is 0 Å². The van der Waals surface area contributed by atoms with Gasteiger partial charge in [-0.25, -0.2) is 9.69 Å². The number of anilines is 1. The number of imide groups is 2. The zero-order valence-electron chi connectivity index (χ0n) is 13.7. The number of nitrogens with zero attached hydrogens (tertiary/aromatic N) is 1. The third-order valence-corrected chi connectivity index (χ3v) is 4.16. The number of urea groups is 1. The molecule has 0 aliphatic carbocycles. The Balaban J connectivity index is 2.09.